The van der Waals surface area contributed by atoms with Gasteiger partial charge in [-0.05, 0) is 48.7 Å². The minimum absolute atomic E-state index is 0.106. The van der Waals surface area contributed by atoms with Crippen molar-refractivity contribution >= 4 is 29.1 Å². The Morgan fingerprint density at radius 2 is 1.89 bits per heavy atom. The fraction of sp³-hybridized carbons (Fsp3) is 0.350. The van der Waals surface area contributed by atoms with Crippen LogP contribution in [0.4, 0.5) is 11.4 Å². The summed E-state index contributed by atoms with van der Waals surface area (Å²) in [6.45, 7) is 4.43. The molecule has 142 valence electrons. The third kappa shape index (κ3) is 4.36. The minimum Gasteiger partial charge on any atom is -0.459 e. The highest BCUT2D eigenvalue weighted by molar-refractivity contribution is 6.00. The molecule has 2 aromatic rings. The second kappa shape index (κ2) is 8.07. The van der Waals surface area contributed by atoms with Crippen molar-refractivity contribution in [3.8, 4) is 0 Å². The molecule has 1 aromatic heterocycles. The number of hydrogen-bond acceptors (Lipinski definition) is 4. The van der Waals surface area contributed by atoms with Gasteiger partial charge in [0.15, 0.2) is 5.76 Å². The van der Waals surface area contributed by atoms with E-state index in [9.17, 15) is 14.4 Å². The van der Waals surface area contributed by atoms with E-state index in [2.05, 4.69) is 10.6 Å². The van der Waals surface area contributed by atoms with Gasteiger partial charge in [0.05, 0.1) is 6.26 Å². The maximum Gasteiger partial charge on any atom is 0.287 e. The molecule has 2 N–H and O–H groups in total. The molecule has 3 amide bonds. The van der Waals surface area contributed by atoms with Crippen molar-refractivity contribution in [1.82, 2.24) is 5.32 Å². The van der Waals surface area contributed by atoms with E-state index in [0.717, 1.165) is 18.7 Å². The maximum absolute atomic E-state index is 12.6. The van der Waals surface area contributed by atoms with Gasteiger partial charge < -0.3 is 20.0 Å². The van der Waals surface area contributed by atoms with Gasteiger partial charge in [0.2, 0.25) is 11.8 Å². The zero-order valence-electron chi connectivity index (χ0n) is 15.4. The van der Waals surface area contributed by atoms with Gasteiger partial charge in [-0.3, -0.25) is 14.4 Å². The largest absolute Gasteiger partial charge is 0.459 e. The molecule has 7 heteroatoms. The lowest BCUT2D eigenvalue weighted by molar-refractivity contribution is -0.119. The second-order valence-electron chi connectivity index (χ2n) is 6.86. The Balaban J connectivity index is 1.65. The Hall–Kier alpha value is -3.09. The first-order chi connectivity index (χ1) is 13.0. The van der Waals surface area contributed by atoms with Crippen LogP contribution in [-0.2, 0) is 9.59 Å². The standard InChI is InChI=1S/C20H23N3O4/c1-13(2)18(22-19(25)16-5-4-12-27-16)20(26)21-14-7-9-15(10-8-14)23-11-3-6-17(23)24/h4-5,7-10,12-13,18H,3,6,11H2,1-2H3,(H,21,26)(H,22,25)/t18-/m0/s1. The molecule has 0 spiro atoms. The van der Waals surface area contributed by atoms with Crippen LogP contribution in [0.2, 0.25) is 0 Å². The van der Waals surface area contributed by atoms with E-state index in [1.165, 1.54) is 6.26 Å². The van der Waals surface area contributed by atoms with Gasteiger partial charge in [-0.25, -0.2) is 0 Å². The summed E-state index contributed by atoms with van der Waals surface area (Å²) < 4.78 is 5.07. The first-order valence-electron chi connectivity index (χ1n) is 9.01. The van der Waals surface area contributed by atoms with Crippen LogP contribution in [-0.4, -0.2) is 30.3 Å². The van der Waals surface area contributed by atoms with Crippen LogP contribution in [0, 0.1) is 5.92 Å². The molecule has 1 saturated heterocycles. The third-order valence-corrected chi connectivity index (χ3v) is 4.50. The topological polar surface area (TPSA) is 91.7 Å². The van der Waals surface area contributed by atoms with Crippen LogP contribution >= 0.6 is 0 Å². The molecule has 7 nitrogen and oxygen atoms in total. The van der Waals surface area contributed by atoms with E-state index in [4.69, 9.17) is 4.42 Å². The molecule has 1 aliphatic rings. The SMILES string of the molecule is CC(C)[C@H](NC(=O)c1ccco1)C(=O)Nc1ccc(N2CCCC2=O)cc1. The monoisotopic (exact) mass is 369 g/mol. The highest BCUT2D eigenvalue weighted by Crippen LogP contribution is 2.23. The number of anilines is 2. The average Bonchev–Trinajstić information content (AvgIpc) is 3.31. The number of benzene rings is 1. The van der Waals surface area contributed by atoms with E-state index in [1.54, 1.807) is 29.2 Å². The predicted molar refractivity (Wildman–Crippen MR) is 101 cm³/mol. The Labute approximate surface area is 157 Å². The first-order valence-corrected chi connectivity index (χ1v) is 9.01. The molecule has 2 heterocycles. The number of nitrogens with zero attached hydrogens (tertiary/aromatic N) is 1. The van der Waals surface area contributed by atoms with Crippen molar-refractivity contribution in [2.75, 3.05) is 16.8 Å². The zero-order chi connectivity index (χ0) is 19.4. The molecule has 0 aliphatic carbocycles. The van der Waals surface area contributed by atoms with Gasteiger partial charge in [0, 0.05) is 24.3 Å². The lowest BCUT2D eigenvalue weighted by Crippen LogP contribution is -2.47. The fourth-order valence-corrected chi connectivity index (χ4v) is 3.02. The van der Waals surface area contributed by atoms with Crippen molar-refractivity contribution < 1.29 is 18.8 Å². The van der Waals surface area contributed by atoms with Gasteiger partial charge >= 0.3 is 0 Å². The lowest BCUT2D eigenvalue weighted by atomic mass is 10.0. The van der Waals surface area contributed by atoms with Gasteiger partial charge in [-0.1, -0.05) is 13.8 Å². The maximum atomic E-state index is 12.6. The molecular weight excluding hydrogens is 346 g/mol. The van der Waals surface area contributed by atoms with Crippen LogP contribution in [0.5, 0.6) is 0 Å². The smallest absolute Gasteiger partial charge is 0.287 e. The number of hydrogen-bond donors (Lipinski definition) is 2. The van der Waals surface area contributed by atoms with E-state index in [0.29, 0.717) is 12.1 Å². The van der Waals surface area contributed by atoms with Crippen LogP contribution in [0.1, 0.15) is 37.2 Å². The Morgan fingerprint density at radius 1 is 1.15 bits per heavy atom. The Kier molecular flexibility index (Phi) is 5.59. The molecule has 3 rings (SSSR count). The molecule has 0 unspecified atom stereocenters. The molecule has 0 bridgehead atoms. The Morgan fingerprint density at radius 3 is 2.44 bits per heavy atom. The highest BCUT2D eigenvalue weighted by atomic mass is 16.3. The number of nitrogens with one attached hydrogen (secondary N) is 2. The summed E-state index contributed by atoms with van der Waals surface area (Å²) in [6.07, 6.45) is 2.85. The number of carbonyl (C=O) groups excluding carboxylic acids is 3. The summed E-state index contributed by atoms with van der Waals surface area (Å²) in [7, 11) is 0. The van der Waals surface area contributed by atoms with Crippen LogP contribution in [0.3, 0.4) is 0 Å². The van der Waals surface area contributed by atoms with Gasteiger partial charge in [0.1, 0.15) is 6.04 Å². The molecular formula is C20H23N3O4. The minimum atomic E-state index is -0.706. The summed E-state index contributed by atoms with van der Waals surface area (Å²) in [5, 5.41) is 5.52. The lowest BCUT2D eigenvalue weighted by Gasteiger charge is -2.21. The zero-order valence-corrected chi connectivity index (χ0v) is 15.4. The number of rotatable bonds is 6. The number of furan rings is 1. The number of amides is 3. The van der Waals surface area contributed by atoms with Crippen molar-refractivity contribution in [2.24, 2.45) is 5.92 Å². The molecule has 1 atom stereocenters. The van der Waals surface area contributed by atoms with E-state index < -0.39 is 11.9 Å². The molecule has 1 aliphatic heterocycles. The van der Waals surface area contributed by atoms with Gasteiger partial charge in [-0.15, -0.1) is 0 Å². The summed E-state index contributed by atoms with van der Waals surface area (Å²) in [4.78, 5) is 38.4. The van der Waals surface area contributed by atoms with Crippen molar-refractivity contribution in [2.45, 2.75) is 32.7 Å². The second-order valence-corrected chi connectivity index (χ2v) is 6.86. The predicted octanol–water partition coefficient (Wildman–Crippen LogP) is 2.80. The molecule has 0 saturated carbocycles. The van der Waals surface area contributed by atoms with Crippen molar-refractivity contribution in [1.29, 1.82) is 0 Å². The van der Waals surface area contributed by atoms with Crippen molar-refractivity contribution in [3.05, 3.63) is 48.4 Å². The summed E-state index contributed by atoms with van der Waals surface area (Å²) in [5.41, 5.74) is 1.43. The van der Waals surface area contributed by atoms with E-state index in [-0.39, 0.29) is 23.5 Å². The Bertz CT molecular complexity index is 812. The molecule has 1 aromatic carbocycles. The summed E-state index contributed by atoms with van der Waals surface area (Å²) in [5.74, 6) is -0.572. The van der Waals surface area contributed by atoms with Gasteiger partial charge in [0.25, 0.3) is 5.91 Å². The number of carbonyl (C=O) groups is 3. The van der Waals surface area contributed by atoms with Crippen LogP contribution in [0.15, 0.2) is 47.1 Å². The first kappa shape index (κ1) is 18.7. The normalized spacial score (nSPS) is 15.1. The average molecular weight is 369 g/mol. The third-order valence-electron chi connectivity index (χ3n) is 4.50. The molecule has 27 heavy (non-hydrogen) atoms. The summed E-state index contributed by atoms with van der Waals surface area (Å²) in [6, 6.07) is 9.59. The van der Waals surface area contributed by atoms with E-state index >= 15 is 0 Å². The highest BCUT2D eigenvalue weighted by Gasteiger charge is 2.26. The fourth-order valence-electron chi connectivity index (χ4n) is 3.02. The van der Waals surface area contributed by atoms with Crippen molar-refractivity contribution in [3.63, 3.8) is 0 Å². The van der Waals surface area contributed by atoms with Crippen LogP contribution in [0.25, 0.3) is 0 Å². The quantitative estimate of drug-likeness (QED) is 0.819. The molecule has 1 fully saturated rings. The van der Waals surface area contributed by atoms with E-state index in [1.807, 2.05) is 26.0 Å². The van der Waals surface area contributed by atoms with Crippen LogP contribution < -0.4 is 15.5 Å². The molecule has 0 radical (unpaired) electrons. The summed E-state index contributed by atoms with van der Waals surface area (Å²) >= 11 is 0. The van der Waals surface area contributed by atoms with Gasteiger partial charge in [-0.2, -0.15) is 0 Å².